The third-order valence-electron chi connectivity index (χ3n) is 4.78. The highest BCUT2D eigenvalue weighted by Gasteiger charge is 2.29. The van der Waals surface area contributed by atoms with Crippen molar-refractivity contribution in [2.75, 3.05) is 46.1 Å². The van der Waals surface area contributed by atoms with E-state index in [-0.39, 0.29) is 12.3 Å². The normalized spacial score (nSPS) is 40.1. The number of nitrogens with two attached hydrogens (primary N) is 1. The second kappa shape index (κ2) is 7.85. The van der Waals surface area contributed by atoms with Crippen LogP contribution in [0.15, 0.2) is 0 Å². The Morgan fingerprint density at radius 1 is 0.952 bits per heavy atom. The van der Waals surface area contributed by atoms with Crippen LogP contribution in [0.4, 0.5) is 0 Å². The van der Waals surface area contributed by atoms with Crippen molar-refractivity contribution >= 4 is 0 Å². The van der Waals surface area contributed by atoms with Gasteiger partial charge in [-0.2, -0.15) is 0 Å². The van der Waals surface area contributed by atoms with E-state index in [1.54, 1.807) is 0 Å². The molecular weight excluding hydrogens is 270 g/mol. The second-order valence-corrected chi connectivity index (χ2v) is 6.59. The van der Waals surface area contributed by atoms with Gasteiger partial charge in [0.05, 0.1) is 25.9 Å². The molecule has 3 heterocycles. The number of ether oxygens (including phenoxy) is 3. The molecule has 3 rings (SSSR count). The van der Waals surface area contributed by atoms with E-state index < -0.39 is 0 Å². The van der Waals surface area contributed by atoms with Crippen molar-refractivity contribution in [2.24, 2.45) is 17.6 Å². The average Bonchev–Trinajstić information content (AvgIpc) is 3.24. The predicted octanol–water partition coefficient (Wildman–Crippen LogP) is -0.319. The molecule has 6 heteroatoms. The molecule has 0 aromatic rings. The summed E-state index contributed by atoms with van der Waals surface area (Å²) in [5.41, 5.74) is 5.63. The van der Waals surface area contributed by atoms with Gasteiger partial charge in [-0.15, -0.1) is 0 Å². The van der Waals surface area contributed by atoms with E-state index in [2.05, 4.69) is 10.6 Å². The largest absolute Gasteiger partial charge is 0.381 e. The molecule has 0 aromatic carbocycles. The molecule has 0 spiro atoms. The van der Waals surface area contributed by atoms with Crippen LogP contribution in [0, 0.1) is 11.8 Å². The molecule has 0 aromatic heterocycles. The van der Waals surface area contributed by atoms with Gasteiger partial charge in [0.1, 0.15) is 6.23 Å². The maximum absolute atomic E-state index is 5.84. The summed E-state index contributed by atoms with van der Waals surface area (Å²) in [5.74, 6) is 1.26. The van der Waals surface area contributed by atoms with Gasteiger partial charge in [0.2, 0.25) is 0 Å². The second-order valence-electron chi connectivity index (χ2n) is 6.59. The molecule has 5 atom stereocenters. The molecule has 0 amide bonds. The van der Waals surface area contributed by atoms with Gasteiger partial charge < -0.3 is 25.3 Å². The zero-order valence-corrected chi connectivity index (χ0v) is 12.8. The summed E-state index contributed by atoms with van der Waals surface area (Å²) in [4.78, 5) is 0. The van der Waals surface area contributed by atoms with Gasteiger partial charge in [-0.05, 0) is 31.1 Å². The van der Waals surface area contributed by atoms with Crippen molar-refractivity contribution in [2.45, 2.75) is 37.6 Å². The maximum Gasteiger partial charge on any atom is 0.108 e. The Balaban J connectivity index is 1.28. The van der Waals surface area contributed by atoms with E-state index in [0.717, 1.165) is 52.4 Å². The molecule has 0 bridgehead atoms. The van der Waals surface area contributed by atoms with Gasteiger partial charge in [0.15, 0.2) is 0 Å². The molecule has 3 fully saturated rings. The number of nitrogens with one attached hydrogen (secondary N) is 2. The minimum absolute atomic E-state index is 0.217. The molecule has 3 aliphatic rings. The summed E-state index contributed by atoms with van der Waals surface area (Å²) in [5, 5.41) is 7.12. The van der Waals surface area contributed by atoms with Gasteiger partial charge in [-0.25, -0.2) is 0 Å². The van der Waals surface area contributed by atoms with Crippen molar-refractivity contribution in [3.05, 3.63) is 0 Å². The standard InChI is InChI=1S/C15H29N3O3/c16-5-14-4-13(10-20-14)17-7-12-3-15(21-9-12)18-6-11-1-2-19-8-11/h11-15,17-18H,1-10,16H2/t11-,12+,13?,14-,15?/m0/s1. The molecule has 0 saturated carbocycles. The lowest BCUT2D eigenvalue weighted by molar-refractivity contribution is 0.0763. The maximum atomic E-state index is 5.84. The van der Waals surface area contributed by atoms with Crippen LogP contribution in [0.2, 0.25) is 0 Å². The average molecular weight is 299 g/mol. The summed E-state index contributed by atoms with van der Waals surface area (Å²) >= 11 is 0. The highest BCUT2D eigenvalue weighted by molar-refractivity contribution is 4.82. The lowest BCUT2D eigenvalue weighted by atomic mass is 10.1. The van der Waals surface area contributed by atoms with Crippen LogP contribution in [0.1, 0.15) is 19.3 Å². The predicted molar refractivity (Wildman–Crippen MR) is 80.0 cm³/mol. The van der Waals surface area contributed by atoms with Gasteiger partial charge >= 0.3 is 0 Å². The van der Waals surface area contributed by atoms with Gasteiger partial charge in [-0.3, -0.25) is 5.32 Å². The zero-order valence-electron chi connectivity index (χ0n) is 12.8. The third kappa shape index (κ3) is 4.61. The lowest BCUT2D eigenvalue weighted by Gasteiger charge is -2.16. The number of hydrogen-bond acceptors (Lipinski definition) is 6. The third-order valence-corrected chi connectivity index (χ3v) is 4.78. The van der Waals surface area contributed by atoms with Gasteiger partial charge in [-0.1, -0.05) is 0 Å². The summed E-state index contributed by atoms with van der Waals surface area (Å²) in [6, 6.07) is 0.459. The Morgan fingerprint density at radius 2 is 1.86 bits per heavy atom. The fourth-order valence-electron chi connectivity index (χ4n) is 3.36. The Kier molecular flexibility index (Phi) is 5.85. The monoisotopic (exact) mass is 299 g/mol. The van der Waals surface area contributed by atoms with E-state index in [9.17, 15) is 0 Å². The van der Waals surface area contributed by atoms with Crippen LogP contribution in [0.25, 0.3) is 0 Å². The molecule has 0 radical (unpaired) electrons. The molecule has 3 saturated heterocycles. The highest BCUT2D eigenvalue weighted by atomic mass is 16.5. The molecule has 2 unspecified atom stereocenters. The van der Waals surface area contributed by atoms with Crippen LogP contribution in [-0.2, 0) is 14.2 Å². The van der Waals surface area contributed by atoms with Crippen LogP contribution in [-0.4, -0.2) is 64.4 Å². The summed E-state index contributed by atoms with van der Waals surface area (Å²) in [6.45, 7) is 6.10. The molecule has 122 valence electrons. The molecular formula is C15H29N3O3. The minimum Gasteiger partial charge on any atom is -0.381 e. The van der Waals surface area contributed by atoms with E-state index in [4.69, 9.17) is 19.9 Å². The van der Waals surface area contributed by atoms with Gasteiger partial charge in [0, 0.05) is 32.3 Å². The number of hydrogen-bond donors (Lipinski definition) is 3. The van der Waals surface area contributed by atoms with E-state index in [1.807, 2.05) is 0 Å². The topological polar surface area (TPSA) is 77.8 Å². The Hall–Kier alpha value is -0.240. The number of rotatable bonds is 7. The fourth-order valence-corrected chi connectivity index (χ4v) is 3.36. The van der Waals surface area contributed by atoms with E-state index in [1.165, 1.54) is 6.42 Å². The first-order chi connectivity index (χ1) is 10.3. The molecule has 4 N–H and O–H groups in total. The zero-order chi connectivity index (χ0) is 14.5. The van der Waals surface area contributed by atoms with E-state index in [0.29, 0.717) is 24.4 Å². The minimum atomic E-state index is 0.217. The molecule has 3 aliphatic heterocycles. The van der Waals surface area contributed by atoms with Crippen molar-refractivity contribution in [3.8, 4) is 0 Å². The Labute approximate surface area is 127 Å². The van der Waals surface area contributed by atoms with Crippen molar-refractivity contribution < 1.29 is 14.2 Å². The van der Waals surface area contributed by atoms with Crippen LogP contribution < -0.4 is 16.4 Å². The van der Waals surface area contributed by atoms with Crippen LogP contribution in [0.3, 0.4) is 0 Å². The van der Waals surface area contributed by atoms with E-state index >= 15 is 0 Å². The summed E-state index contributed by atoms with van der Waals surface area (Å²) in [7, 11) is 0. The Morgan fingerprint density at radius 3 is 2.62 bits per heavy atom. The van der Waals surface area contributed by atoms with Crippen LogP contribution >= 0.6 is 0 Å². The summed E-state index contributed by atoms with van der Waals surface area (Å²) < 4.78 is 16.8. The van der Waals surface area contributed by atoms with Gasteiger partial charge in [0.25, 0.3) is 0 Å². The molecule has 6 nitrogen and oxygen atoms in total. The first-order valence-electron chi connectivity index (χ1n) is 8.31. The van der Waals surface area contributed by atoms with Crippen molar-refractivity contribution in [1.82, 2.24) is 10.6 Å². The highest BCUT2D eigenvalue weighted by Crippen LogP contribution is 2.20. The smallest absolute Gasteiger partial charge is 0.108 e. The van der Waals surface area contributed by atoms with Crippen molar-refractivity contribution in [3.63, 3.8) is 0 Å². The first-order valence-corrected chi connectivity index (χ1v) is 8.31. The Bertz CT molecular complexity index is 313. The first kappa shape index (κ1) is 15.6. The fraction of sp³-hybridized carbons (Fsp3) is 1.00. The SMILES string of the molecule is NC[C@@H]1CC(NC[C@@H]2COC(NC[C@@H]3CCOC3)C2)CO1. The van der Waals surface area contributed by atoms with Crippen LogP contribution in [0.5, 0.6) is 0 Å². The lowest BCUT2D eigenvalue weighted by Crippen LogP contribution is -2.35. The molecule has 0 aliphatic carbocycles. The van der Waals surface area contributed by atoms with Crippen molar-refractivity contribution in [1.29, 1.82) is 0 Å². The molecule has 21 heavy (non-hydrogen) atoms. The summed E-state index contributed by atoms with van der Waals surface area (Å²) in [6.07, 6.45) is 3.76. The quantitative estimate of drug-likeness (QED) is 0.598.